The first-order valence-corrected chi connectivity index (χ1v) is 14.1. The number of hydrogen-bond acceptors (Lipinski definition) is 4. The third-order valence-electron chi connectivity index (χ3n) is 8.60. The standard InChI is InChI=1S/C28H52N2O5/c1-6-27(7-2,17-11-14-20-30-24(31)23-29(10-5)26(30)34)18-12-15-21-35-22-16-13-19-28(8-3,9-4)25(32)33/h6-23H2,1-5H3,(H,32,33). The van der Waals surface area contributed by atoms with Gasteiger partial charge in [-0.2, -0.15) is 0 Å². The number of carboxylic acids is 1. The molecule has 204 valence electrons. The van der Waals surface area contributed by atoms with Gasteiger partial charge in [-0.25, -0.2) is 4.79 Å². The zero-order valence-electron chi connectivity index (χ0n) is 23.2. The van der Waals surface area contributed by atoms with Crippen LogP contribution < -0.4 is 0 Å². The van der Waals surface area contributed by atoms with Gasteiger partial charge < -0.3 is 14.7 Å². The summed E-state index contributed by atoms with van der Waals surface area (Å²) in [5.74, 6) is -0.731. The molecule has 1 fully saturated rings. The Hall–Kier alpha value is -1.63. The van der Waals surface area contributed by atoms with E-state index in [2.05, 4.69) is 13.8 Å². The van der Waals surface area contributed by atoms with Crippen LogP contribution in [0.25, 0.3) is 0 Å². The van der Waals surface area contributed by atoms with Crippen molar-refractivity contribution < 1.29 is 24.2 Å². The van der Waals surface area contributed by atoms with E-state index in [1.807, 2.05) is 20.8 Å². The van der Waals surface area contributed by atoms with Crippen LogP contribution in [0.2, 0.25) is 0 Å². The van der Waals surface area contributed by atoms with Crippen LogP contribution in [0.4, 0.5) is 4.79 Å². The number of amides is 3. The number of unbranched alkanes of at least 4 members (excludes halogenated alkanes) is 3. The maximum atomic E-state index is 12.2. The first-order valence-electron chi connectivity index (χ1n) is 14.1. The van der Waals surface area contributed by atoms with Crippen molar-refractivity contribution in [3.63, 3.8) is 0 Å². The van der Waals surface area contributed by atoms with Crippen molar-refractivity contribution in [2.45, 2.75) is 118 Å². The van der Waals surface area contributed by atoms with E-state index in [9.17, 15) is 19.5 Å². The van der Waals surface area contributed by atoms with Crippen LogP contribution in [0, 0.1) is 10.8 Å². The minimum absolute atomic E-state index is 0.0639. The Bertz CT molecular complexity index is 643. The predicted octanol–water partition coefficient (Wildman–Crippen LogP) is 6.50. The fourth-order valence-electron chi connectivity index (χ4n) is 5.40. The molecule has 0 aromatic carbocycles. The van der Waals surface area contributed by atoms with Crippen LogP contribution in [-0.2, 0) is 14.3 Å². The molecule has 0 atom stereocenters. The monoisotopic (exact) mass is 496 g/mol. The molecule has 0 bridgehead atoms. The molecular formula is C28H52N2O5. The van der Waals surface area contributed by atoms with E-state index in [0.717, 1.165) is 70.8 Å². The molecule has 1 N–H and O–H groups in total. The summed E-state index contributed by atoms with van der Waals surface area (Å²) in [6.07, 6.45) is 12.6. The van der Waals surface area contributed by atoms with Crippen molar-refractivity contribution in [3.05, 3.63) is 0 Å². The maximum Gasteiger partial charge on any atom is 0.327 e. The third-order valence-corrected chi connectivity index (χ3v) is 8.60. The number of likely N-dealkylation sites (N-methyl/N-ethyl adjacent to an activating group) is 1. The summed E-state index contributed by atoms with van der Waals surface area (Å²) in [5, 5.41) is 9.53. The highest BCUT2D eigenvalue weighted by Crippen LogP contribution is 2.38. The molecule has 1 aliphatic heterocycles. The zero-order chi connectivity index (χ0) is 26.3. The van der Waals surface area contributed by atoms with E-state index >= 15 is 0 Å². The number of carbonyl (C=O) groups is 3. The quantitative estimate of drug-likeness (QED) is 0.145. The molecule has 1 saturated heterocycles. The number of carbonyl (C=O) groups excluding carboxylic acids is 2. The molecule has 0 aliphatic carbocycles. The number of imide groups is 1. The molecule has 0 unspecified atom stereocenters. The summed E-state index contributed by atoms with van der Waals surface area (Å²) in [7, 11) is 0. The summed E-state index contributed by atoms with van der Waals surface area (Å²) >= 11 is 0. The van der Waals surface area contributed by atoms with Gasteiger partial charge in [0.2, 0.25) is 5.91 Å². The Morgan fingerprint density at radius 2 is 1.37 bits per heavy atom. The summed E-state index contributed by atoms with van der Waals surface area (Å²) in [4.78, 5) is 38.9. The Morgan fingerprint density at radius 3 is 1.83 bits per heavy atom. The van der Waals surface area contributed by atoms with Crippen molar-refractivity contribution in [3.8, 4) is 0 Å². The van der Waals surface area contributed by atoms with Gasteiger partial charge in [0.25, 0.3) is 0 Å². The molecule has 7 heteroatoms. The lowest BCUT2D eigenvalue weighted by molar-refractivity contribution is -0.150. The summed E-state index contributed by atoms with van der Waals surface area (Å²) in [6, 6.07) is -0.133. The first-order chi connectivity index (χ1) is 16.7. The number of urea groups is 1. The van der Waals surface area contributed by atoms with Gasteiger partial charge in [-0.15, -0.1) is 0 Å². The smallest absolute Gasteiger partial charge is 0.327 e. The van der Waals surface area contributed by atoms with E-state index in [1.165, 1.54) is 11.3 Å². The lowest BCUT2D eigenvalue weighted by Gasteiger charge is -2.32. The normalized spacial score (nSPS) is 14.9. The van der Waals surface area contributed by atoms with Gasteiger partial charge in [-0.1, -0.05) is 59.8 Å². The number of aliphatic carboxylic acids is 1. The molecular weight excluding hydrogens is 444 g/mol. The highest BCUT2D eigenvalue weighted by atomic mass is 16.5. The number of rotatable bonds is 21. The zero-order valence-corrected chi connectivity index (χ0v) is 23.2. The molecule has 0 saturated carbocycles. The van der Waals surface area contributed by atoms with E-state index < -0.39 is 11.4 Å². The van der Waals surface area contributed by atoms with Crippen LogP contribution >= 0.6 is 0 Å². The Morgan fingerprint density at radius 1 is 0.829 bits per heavy atom. The number of carboxylic acid groups (broad SMARTS) is 1. The second kappa shape index (κ2) is 16.2. The molecule has 1 rings (SSSR count). The van der Waals surface area contributed by atoms with E-state index in [1.54, 1.807) is 4.90 Å². The molecule has 1 aliphatic rings. The highest BCUT2D eigenvalue weighted by Gasteiger charge is 2.35. The van der Waals surface area contributed by atoms with Crippen LogP contribution in [0.15, 0.2) is 0 Å². The minimum atomic E-state index is -0.667. The van der Waals surface area contributed by atoms with Gasteiger partial charge in [-0.05, 0) is 63.7 Å². The topological polar surface area (TPSA) is 87.2 Å². The van der Waals surface area contributed by atoms with Gasteiger partial charge >= 0.3 is 12.0 Å². The van der Waals surface area contributed by atoms with Crippen molar-refractivity contribution >= 4 is 17.9 Å². The Balaban J connectivity index is 2.23. The van der Waals surface area contributed by atoms with Crippen molar-refractivity contribution in [1.82, 2.24) is 9.80 Å². The van der Waals surface area contributed by atoms with Crippen molar-refractivity contribution in [2.75, 3.05) is 32.8 Å². The van der Waals surface area contributed by atoms with Crippen LogP contribution in [0.3, 0.4) is 0 Å². The van der Waals surface area contributed by atoms with Crippen LogP contribution in [0.1, 0.15) is 118 Å². The minimum Gasteiger partial charge on any atom is -0.481 e. The van der Waals surface area contributed by atoms with Crippen molar-refractivity contribution in [2.24, 2.45) is 10.8 Å². The fraction of sp³-hybridized carbons (Fsp3) is 0.893. The molecule has 0 aromatic rings. The maximum absolute atomic E-state index is 12.2. The molecule has 35 heavy (non-hydrogen) atoms. The summed E-state index contributed by atoms with van der Waals surface area (Å²) in [5.41, 5.74) is -0.242. The lowest BCUT2D eigenvalue weighted by atomic mass is 9.74. The van der Waals surface area contributed by atoms with Gasteiger partial charge in [0.05, 0.1) is 5.41 Å². The van der Waals surface area contributed by atoms with Crippen LogP contribution in [-0.4, -0.2) is 65.7 Å². The average Bonchev–Trinajstić information content (AvgIpc) is 3.14. The van der Waals surface area contributed by atoms with Crippen molar-refractivity contribution in [1.29, 1.82) is 0 Å². The number of ether oxygens (including phenoxy) is 1. The van der Waals surface area contributed by atoms with Gasteiger partial charge in [0.15, 0.2) is 0 Å². The predicted molar refractivity (Wildman–Crippen MR) is 140 cm³/mol. The van der Waals surface area contributed by atoms with E-state index in [0.29, 0.717) is 38.0 Å². The third kappa shape index (κ3) is 9.40. The molecule has 0 aromatic heterocycles. The second-order valence-electron chi connectivity index (χ2n) is 10.3. The molecule has 0 spiro atoms. The Kier molecular flexibility index (Phi) is 14.5. The Labute approximate surface area is 213 Å². The van der Waals surface area contributed by atoms with Gasteiger partial charge in [0.1, 0.15) is 6.54 Å². The molecule has 1 heterocycles. The number of hydrogen-bond donors (Lipinski definition) is 1. The second-order valence-corrected chi connectivity index (χ2v) is 10.3. The highest BCUT2D eigenvalue weighted by molar-refractivity contribution is 6.01. The van der Waals surface area contributed by atoms with Gasteiger partial charge in [0, 0.05) is 26.3 Å². The number of nitrogens with zero attached hydrogens (tertiary/aromatic N) is 2. The van der Waals surface area contributed by atoms with E-state index in [-0.39, 0.29) is 18.5 Å². The summed E-state index contributed by atoms with van der Waals surface area (Å²) in [6.45, 7) is 13.2. The first kappa shape index (κ1) is 31.4. The van der Waals surface area contributed by atoms with Crippen LogP contribution in [0.5, 0.6) is 0 Å². The SMILES string of the molecule is CCN1CC(=O)N(CCCCC(CC)(CC)CCCCOCCCCC(CC)(CC)C(=O)O)C1=O. The average molecular weight is 497 g/mol. The lowest BCUT2D eigenvalue weighted by Crippen LogP contribution is -2.33. The van der Waals surface area contributed by atoms with E-state index in [4.69, 9.17) is 4.74 Å². The molecule has 7 nitrogen and oxygen atoms in total. The van der Waals surface area contributed by atoms with Gasteiger partial charge in [-0.3, -0.25) is 14.5 Å². The molecule has 0 radical (unpaired) electrons. The fourth-order valence-corrected chi connectivity index (χ4v) is 5.40. The largest absolute Gasteiger partial charge is 0.481 e. The summed E-state index contributed by atoms with van der Waals surface area (Å²) < 4.78 is 5.83. The molecule has 3 amide bonds.